The first-order chi connectivity index (χ1) is 11.1. The minimum Gasteiger partial charge on any atom is -0.437 e. The molecule has 0 atom stereocenters. The van der Waals surface area contributed by atoms with Crippen LogP contribution in [0.1, 0.15) is 0 Å². The highest BCUT2D eigenvalue weighted by Crippen LogP contribution is 2.29. The Morgan fingerprint density at radius 1 is 1.22 bits per heavy atom. The summed E-state index contributed by atoms with van der Waals surface area (Å²) in [5.74, 6) is 0.274. The Labute approximate surface area is 130 Å². The first kappa shape index (κ1) is 14.5. The van der Waals surface area contributed by atoms with Crippen molar-refractivity contribution >= 4 is 17.5 Å². The van der Waals surface area contributed by atoms with Gasteiger partial charge in [-0.15, -0.1) is 0 Å². The van der Waals surface area contributed by atoms with Gasteiger partial charge in [0.25, 0.3) is 5.69 Å². The summed E-state index contributed by atoms with van der Waals surface area (Å²) >= 11 is 0. The topological polar surface area (TPSA) is 96.0 Å². The lowest BCUT2D eigenvalue weighted by Crippen LogP contribution is -2.07. The molecule has 116 valence electrons. The van der Waals surface area contributed by atoms with Crippen molar-refractivity contribution in [3.8, 4) is 17.0 Å². The van der Waals surface area contributed by atoms with Gasteiger partial charge in [-0.3, -0.25) is 10.1 Å². The molecular formula is C15H11N3O5. The van der Waals surface area contributed by atoms with Gasteiger partial charge in [-0.1, -0.05) is 12.1 Å². The number of aromatic nitrogens is 2. The van der Waals surface area contributed by atoms with E-state index in [4.69, 9.17) is 4.74 Å². The molecule has 8 heteroatoms. The highest BCUT2D eigenvalue weighted by Gasteiger charge is 2.17. The number of benzene rings is 1. The van der Waals surface area contributed by atoms with Gasteiger partial charge in [0.15, 0.2) is 5.75 Å². The van der Waals surface area contributed by atoms with Crippen LogP contribution in [0, 0.1) is 10.1 Å². The Hall–Kier alpha value is -3.42. The zero-order chi connectivity index (χ0) is 16.4. The summed E-state index contributed by atoms with van der Waals surface area (Å²) in [4.78, 5) is 26.1. The van der Waals surface area contributed by atoms with Gasteiger partial charge in [0.05, 0.1) is 29.5 Å². The monoisotopic (exact) mass is 313 g/mol. The normalized spacial score (nSPS) is 10.5. The maximum Gasteiger partial charge on any atom is 0.513 e. The molecule has 0 aliphatic heterocycles. The van der Waals surface area contributed by atoms with Gasteiger partial charge in [0, 0.05) is 12.3 Å². The SMILES string of the molecule is COC(=O)Oc1ccc2nc(-c3ccccc3[N+](=O)[O-])cn2c1. The van der Waals surface area contributed by atoms with E-state index in [0.29, 0.717) is 16.9 Å². The molecule has 0 spiro atoms. The van der Waals surface area contributed by atoms with E-state index >= 15 is 0 Å². The average Bonchev–Trinajstić information content (AvgIpc) is 2.97. The van der Waals surface area contributed by atoms with Crippen molar-refractivity contribution in [3.63, 3.8) is 0 Å². The van der Waals surface area contributed by atoms with Crippen molar-refractivity contribution in [3.05, 3.63) is 58.9 Å². The lowest BCUT2D eigenvalue weighted by atomic mass is 10.1. The Kier molecular flexibility index (Phi) is 3.63. The van der Waals surface area contributed by atoms with E-state index in [9.17, 15) is 14.9 Å². The summed E-state index contributed by atoms with van der Waals surface area (Å²) < 4.78 is 11.0. The van der Waals surface area contributed by atoms with Crippen LogP contribution in [0.3, 0.4) is 0 Å². The predicted octanol–water partition coefficient (Wildman–Crippen LogP) is 3.05. The molecule has 0 aliphatic rings. The fourth-order valence-electron chi connectivity index (χ4n) is 2.15. The van der Waals surface area contributed by atoms with Crippen molar-refractivity contribution in [1.29, 1.82) is 0 Å². The molecule has 0 bridgehead atoms. The number of carbonyl (C=O) groups is 1. The number of nitro groups is 1. The Balaban J connectivity index is 2.04. The van der Waals surface area contributed by atoms with E-state index in [1.807, 2.05) is 0 Å². The van der Waals surface area contributed by atoms with Crippen LogP contribution in [0.2, 0.25) is 0 Å². The van der Waals surface area contributed by atoms with Crippen molar-refractivity contribution in [2.45, 2.75) is 0 Å². The van der Waals surface area contributed by atoms with Crippen molar-refractivity contribution in [1.82, 2.24) is 9.38 Å². The average molecular weight is 313 g/mol. The minimum absolute atomic E-state index is 0.0260. The van der Waals surface area contributed by atoms with Crippen LogP contribution in [0.4, 0.5) is 10.5 Å². The van der Waals surface area contributed by atoms with Crippen molar-refractivity contribution in [2.24, 2.45) is 0 Å². The Morgan fingerprint density at radius 2 is 2.00 bits per heavy atom. The van der Waals surface area contributed by atoms with E-state index in [1.54, 1.807) is 40.9 Å². The molecule has 0 amide bonds. The van der Waals surface area contributed by atoms with E-state index in [1.165, 1.54) is 19.4 Å². The van der Waals surface area contributed by atoms with Crippen LogP contribution >= 0.6 is 0 Å². The molecule has 1 aromatic carbocycles. The fourth-order valence-corrected chi connectivity index (χ4v) is 2.15. The molecule has 3 rings (SSSR count). The van der Waals surface area contributed by atoms with Gasteiger partial charge < -0.3 is 13.9 Å². The van der Waals surface area contributed by atoms with E-state index < -0.39 is 11.1 Å². The molecule has 0 radical (unpaired) electrons. The standard InChI is InChI=1S/C15H11N3O5/c1-22-15(19)23-10-6-7-14-16-12(9-17(14)8-10)11-4-2-3-5-13(11)18(20)21/h2-9H,1H3. The van der Waals surface area contributed by atoms with Gasteiger partial charge in [-0.2, -0.15) is 0 Å². The fraction of sp³-hybridized carbons (Fsp3) is 0.0667. The summed E-state index contributed by atoms with van der Waals surface area (Å²) in [5, 5.41) is 11.1. The lowest BCUT2D eigenvalue weighted by Gasteiger charge is -2.02. The van der Waals surface area contributed by atoms with Crippen LogP contribution in [-0.2, 0) is 4.74 Å². The number of fused-ring (bicyclic) bond motifs is 1. The minimum atomic E-state index is -0.830. The summed E-state index contributed by atoms with van der Waals surface area (Å²) in [6, 6.07) is 9.55. The molecule has 0 saturated heterocycles. The molecule has 0 saturated carbocycles. The maximum atomic E-state index is 11.1. The molecule has 8 nitrogen and oxygen atoms in total. The number of nitro benzene ring substituents is 1. The van der Waals surface area contributed by atoms with Crippen LogP contribution in [0.25, 0.3) is 16.9 Å². The zero-order valence-corrected chi connectivity index (χ0v) is 12.0. The summed E-state index contributed by atoms with van der Waals surface area (Å²) in [6.07, 6.45) is 2.34. The third-order valence-electron chi connectivity index (χ3n) is 3.17. The maximum absolute atomic E-state index is 11.1. The van der Waals surface area contributed by atoms with Crippen molar-refractivity contribution < 1.29 is 19.2 Å². The molecule has 2 heterocycles. The van der Waals surface area contributed by atoms with Crippen LogP contribution in [-0.4, -0.2) is 27.6 Å². The van der Waals surface area contributed by atoms with Crippen molar-refractivity contribution in [2.75, 3.05) is 7.11 Å². The molecule has 0 aliphatic carbocycles. The number of para-hydroxylation sites is 1. The highest BCUT2D eigenvalue weighted by atomic mass is 16.7. The van der Waals surface area contributed by atoms with E-state index in [0.717, 1.165) is 0 Å². The zero-order valence-electron chi connectivity index (χ0n) is 12.0. The highest BCUT2D eigenvalue weighted by molar-refractivity contribution is 5.72. The number of methoxy groups -OCH3 is 1. The number of imidazole rings is 1. The Morgan fingerprint density at radius 3 is 2.74 bits per heavy atom. The van der Waals surface area contributed by atoms with Crippen LogP contribution in [0.15, 0.2) is 48.8 Å². The second-order valence-corrected chi connectivity index (χ2v) is 4.59. The number of rotatable bonds is 3. The van der Waals surface area contributed by atoms with Gasteiger partial charge in [0.2, 0.25) is 0 Å². The third-order valence-corrected chi connectivity index (χ3v) is 3.17. The third kappa shape index (κ3) is 2.82. The molecule has 2 aromatic heterocycles. The second kappa shape index (κ2) is 5.76. The first-order valence-electron chi connectivity index (χ1n) is 6.57. The summed E-state index contributed by atoms with van der Waals surface area (Å²) in [7, 11) is 1.21. The molecule has 3 aromatic rings. The molecule has 0 unspecified atom stereocenters. The summed E-state index contributed by atoms with van der Waals surface area (Å²) in [6.45, 7) is 0. The van der Waals surface area contributed by atoms with Crippen LogP contribution in [0.5, 0.6) is 5.75 Å². The number of carbonyl (C=O) groups excluding carboxylic acids is 1. The Bertz CT molecular complexity index is 903. The molecule has 0 fully saturated rings. The number of hydrogen-bond acceptors (Lipinski definition) is 6. The molecular weight excluding hydrogens is 302 g/mol. The van der Waals surface area contributed by atoms with Gasteiger partial charge >= 0.3 is 6.16 Å². The number of ether oxygens (including phenoxy) is 2. The van der Waals surface area contributed by atoms with Gasteiger partial charge in [-0.05, 0) is 18.2 Å². The number of hydrogen-bond donors (Lipinski definition) is 0. The predicted molar refractivity (Wildman–Crippen MR) is 80.3 cm³/mol. The largest absolute Gasteiger partial charge is 0.513 e. The van der Waals surface area contributed by atoms with Gasteiger partial charge in [0.1, 0.15) is 5.65 Å². The number of nitrogens with zero attached hydrogens (tertiary/aromatic N) is 3. The van der Waals surface area contributed by atoms with Crippen LogP contribution < -0.4 is 4.74 Å². The second-order valence-electron chi connectivity index (χ2n) is 4.59. The van der Waals surface area contributed by atoms with E-state index in [2.05, 4.69) is 9.72 Å². The summed E-state index contributed by atoms with van der Waals surface area (Å²) in [5.41, 5.74) is 1.40. The molecule has 23 heavy (non-hydrogen) atoms. The van der Waals surface area contributed by atoms with Gasteiger partial charge in [-0.25, -0.2) is 9.78 Å². The molecule has 0 N–H and O–H groups in total. The quantitative estimate of drug-likeness (QED) is 0.419. The van der Waals surface area contributed by atoms with E-state index in [-0.39, 0.29) is 11.4 Å². The lowest BCUT2D eigenvalue weighted by molar-refractivity contribution is -0.384. The first-order valence-corrected chi connectivity index (χ1v) is 6.57. The smallest absolute Gasteiger partial charge is 0.437 e. The number of pyridine rings is 1.